The number of carbonyl (C=O) groups excluding carboxylic acids is 1. The summed E-state index contributed by atoms with van der Waals surface area (Å²) in [6.07, 6.45) is 1.58. The van der Waals surface area contributed by atoms with Crippen LogP contribution in [0.1, 0.15) is 15.9 Å². The highest BCUT2D eigenvalue weighted by Gasteiger charge is 2.17. The zero-order valence-electron chi connectivity index (χ0n) is 12.0. The van der Waals surface area contributed by atoms with Crippen LogP contribution in [0.5, 0.6) is 5.75 Å². The average molecular weight is 335 g/mol. The van der Waals surface area contributed by atoms with Crippen LogP contribution >= 0.6 is 23.5 Å². The molecule has 2 aromatic rings. The number of hydrogen-bond acceptors (Lipinski definition) is 5. The summed E-state index contributed by atoms with van der Waals surface area (Å²) in [5, 5.41) is 2.75. The first-order chi connectivity index (χ1) is 10.8. The van der Waals surface area contributed by atoms with Gasteiger partial charge in [-0.15, -0.1) is 23.5 Å². The number of ether oxygens (including phenoxy) is 1. The molecule has 0 spiro atoms. The van der Waals surface area contributed by atoms with E-state index < -0.39 is 0 Å². The van der Waals surface area contributed by atoms with Crippen molar-refractivity contribution >= 4 is 29.4 Å². The zero-order chi connectivity index (χ0) is 15.2. The van der Waals surface area contributed by atoms with Crippen molar-refractivity contribution in [2.24, 2.45) is 0 Å². The molecule has 6 heteroatoms. The molecule has 1 aromatic heterocycles. The van der Waals surface area contributed by atoms with E-state index in [1.807, 2.05) is 41.7 Å². The highest BCUT2D eigenvalue weighted by Crippen LogP contribution is 2.45. The Balaban J connectivity index is 1.43. The summed E-state index contributed by atoms with van der Waals surface area (Å²) < 4.78 is 11.2. The van der Waals surface area contributed by atoms with Gasteiger partial charge in [0, 0.05) is 11.5 Å². The molecule has 3 rings (SSSR count). The van der Waals surface area contributed by atoms with Gasteiger partial charge in [0.1, 0.15) is 11.5 Å². The molecule has 1 N–H and O–H groups in total. The minimum Gasteiger partial charge on any atom is -0.484 e. The molecule has 116 valence electrons. The van der Waals surface area contributed by atoms with E-state index >= 15 is 0 Å². The second-order valence-electron chi connectivity index (χ2n) is 4.79. The largest absolute Gasteiger partial charge is 0.484 e. The lowest BCUT2D eigenvalue weighted by atomic mass is 10.2. The molecule has 22 heavy (non-hydrogen) atoms. The smallest absolute Gasteiger partial charge is 0.258 e. The van der Waals surface area contributed by atoms with Gasteiger partial charge in [0.05, 0.1) is 17.4 Å². The molecule has 0 unspecified atom stereocenters. The quantitative estimate of drug-likeness (QED) is 0.876. The van der Waals surface area contributed by atoms with Crippen LogP contribution in [0.15, 0.2) is 47.1 Å². The van der Waals surface area contributed by atoms with E-state index in [2.05, 4.69) is 17.4 Å². The van der Waals surface area contributed by atoms with Crippen LogP contribution in [-0.2, 0) is 11.3 Å². The third-order valence-corrected chi connectivity index (χ3v) is 6.29. The third-order valence-electron chi connectivity index (χ3n) is 3.18. The predicted octanol–water partition coefficient (Wildman–Crippen LogP) is 3.45. The van der Waals surface area contributed by atoms with Crippen LogP contribution in [0.25, 0.3) is 0 Å². The molecule has 1 amide bonds. The van der Waals surface area contributed by atoms with Gasteiger partial charge in [-0.2, -0.15) is 0 Å². The van der Waals surface area contributed by atoms with E-state index in [9.17, 15) is 4.79 Å². The molecule has 0 atom stereocenters. The lowest BCUT2D eigenvalue weighted by Crippen LogP contribution is -2.28. The van der Waals surface area contributed by atoms with Gasteiger partial charge in [0.25, 0.3) is 5.91 Å². The fourth-order valence-electron chi connectivity index (χ4n) is 2.07. The first kappa shape index (κ1) is 15.4. The Bertz CT molecular complexity index is 592. The summed E-state index contributed by atoms with van der Waals surface area (Å²) in [5.41, 5.74) is 1.31. The molecule has 1 aliphatic heterocycles. The average Bonchev–Trinajstić information content (AvgIpc) is 3.24. The van der Waals surface area contributed by atoms with Crippen molar-refractivity contribution in [1.82, 2.24) is 5.32 Å². The van der Waals surface area contributed by atoms with Crippen LogP contribution in [0.4, 0.5) is 0 Å². The van der Waals surface area contributed by atoms with E-state index in [0.717, 1.165) is 5.76 Å². The van der Waals surface area contributed by atoms with Gasteiger partial charge >= 0.3 is 0 Å². The zero-order valence-corrected chi connectivity index (χ0v) is 13.6. The van der Waals surface area contributed by atoms with Crippen LogP contribution < -0.4 is 10.1 Å². The Hall–Kier alpha value is -1.53. The van der Waals surface area contributed by atoms with Gasteiger partial charge in [0.15, 0.2) is 6.61 Å². The molecule has 0 aliphatic carbocycles. The number of carbonyl (C=O) groups is 1. The number of rotatable bonds is 6. The summed E-state index contributed by atoms with van der Waals surface area (Å²) in [7, 11) is 0. The van der Waals surface area contributed by atoms with Gasteiger partial charge in [-0.05, 0) is 29.8 Å². The monoisotopic (exact) mass is 335 g/mol. The minimum absolute atomic E-state index is 0.00693. The Labute approximate surface area is 138 Å². The van der Waals surface area contributed by atoms with Gasteiger partial charge in [-0.3, -0.25) is 4.79 Å². The van der Waals surface area contributed by atoms with Crippen molar-refractivity contribution in [3.05, 3.63) is 54.0 Å². The number of nitrogens with one attached hydrogen (secondary N) is 1. The lowest BCUT2D eigenvalue weighted by Gasteiger charge is -2.10. The maximum atomic E-state index is 11.7. The van der Waals surface area contributed by atoms with Crippen molar-refractivity contribution in [3.8, 4) is 5.75 Å². The van der Waals surface area contributed by atoms with Crippen LogP contribution in [0.2, 0.25) is 0 Å². The van der Waals surface area contributed by atoms with Gasteiger partial charge < -0.3 is 14.5 Å². The first-order valence-electron chi connectivity index (χ1n) is 7.06. The number of furan rings is 1. The molecule has 0 radical (unpaired) electrons. The summed E-state index contributed by atoms with van der Waals surface area (Å²) in [4.78, 5) is 11.7. The molecule has 2 heterocycles. The lowest BCUT2D eigenvalue weighted by molar-refractivity contribution is -0.123. The van der Waals surface area contributed by atoms with Crippen molar-refractivity contribution in [1.29, 1.82) is 0 Å². The van der Waals surface area contributed by atoms with Crippen LogP contribution in [0, 0.1) is 0 Å². The highest BCUT2D eigenvalue weighted by molar-refractivity contribution is 8.19. The molecule has 0 saturated carbocycles. The van der Waals surface area contributed by atoms with Crippen molar-refractivity contribution in [2.45, 2.75) is 11.1 Å². The van der Waals surface area contributed by atoms with Crippen molar-refractivity contribution < 1.29 is 13.9 Å². The van der Waals surface area contributed by atoms with Crippen molar-refractivity contribution in [3.63, 3.8) is 0 Å². The topological polar surface area (TPSA) is 51.5 Å². The molecular weight excluding hydrogens is 318 g/mol. The maximum Gasteiger partial charge on any atom is 0.258 e. The predicted molar refractivity (Wildman–Crippen MR) is 90.1 cm³/mol. The maximum absolute atomic E-state index is 11.7. The highest BCUT2D eigenvalue weighted by atomic mass is 32.2. The SMILES string of the molecule is O=C(COc1ccc(C2SCCS2)cc1)NCc1ccco1. The first-order valence-corrected chi connectivity index (χ1v) is 9.16. The van der Waals surface area contributed by atoms with Crippen LogP contribution in [-0.4, -0.2) is 24.0 Å². The Morgan fingerprint density at radius 3 is 2.68 bits per heavy atom. The second-order valence-corrected chi connectivity index (χ2v) is 7.51. The summed E-state index contributed by atoms with van der Waals surface area (Å²) in [6.45, 7) is 0.386. The van der Waals surface area contributed by atoms with E-state index in [4.69, 9.17) is 9.15 Å². The summed E-state index contributed by atoms with van der Waals surface area (Å²) in [6, 6.07) is 11.6. The van der Waals surface area contributed by atoms with E-state index in [-0.39, 0.29) is 12.5 Å². The van der Waals surface area contributed by atoms with Gasteiger partial charge in [-0.25, -0.2) is 0 Å². The Morgan fingerprint density at radius 1 is 1.23 bits per heavy atom. The molecular formula is C16H17NO3S2. The van der Waals surface area contributed by atoms with E-state index in [0.29, 0.717) is 16.9 Å². The second kappa shape index (κ2) is 7.65. The number of hydrogen-bond donors (Lipinski definition) is 1. The third kappa shape index (κ3) is 4.24. The Kier molecular flexibility index (Phi) is 5.34. The molecule has 1 saturated heterocycles. The summed E-state index contributed by atoms with van der Waals surface area (Å²) >= 11 is 3.95. The fraction of sp³-hybridized carbons (Fsp3) is 0.312. The Morgan fingerprint density at radius 2 is 2.00 bits per heavy atom. The van der Waals surface area contributed by atoms with Gasteiger partial charge in [0.2, 0.25) is 0 Å². The number of amides is 1. The van der Waals surface area contributed by atoms with Crippen LogP contribution in [0.3, 0.4) is 0 Å². The molecule has 0 bridgehead atoms. The molecule has 1 aromatic carbocycles. The normalized spacial score (nSPS) is 14.9. The van der Waals surface area contributed by atoms with Gasteiger partial charge in [-0.1, -0.05) is 12.1 Å². The summed E-state index contributed by atoms with van der Waals surface area (Å²) in [5.74, 6) is 3.70. The molecule has 4 nitrogen and oxygen atoms in total. The molecule has 1 fully saturated rings. The number of benzene rings is 1. The standard InChI is InChI=1S/C16H17NO3S2/c18-15(17-10-14-2-1-7-19-14)11-20-13-5-3-12(4-6-13)16-21-8-9-22-16/h1-7,16H,8-11H2,(H,17,18). The van der Waals surface area contributed by atoms with E-state index in [1.165, 1.54) is 17.1 Å². The van der Waals surface area contributed by atoms with E-state index in [1.54, 1.807) is 12.3 Å². The minimum atomic E-state index is -0.164. The number of thioether (sulfide) groups is 2. The fourth-order valence-corrected chi connectivity index (χ4v) is 4.93. The molecule has 1 aliphatic rings. The van der Waals surface area contributed by atoms with Crippen molar-refractivity contribution in [2.75, 3.05) is 18.1 Å².